The minimum Gasteiger partial charge on any atom is -0.496 e. The Morgan fingerprint density at radius 3 is 2.12 bits per heavy atom. The first kappa shape index (κ1) is 36.4. The standard InChI is InChI=1S/C38H46Cl2N4O6/c1-42-24-13-14-25(42)21-26(20-24)43-16-18-44(19-17-43)32(45)22-30-35(38(47)50-4)36(33-27(39)9-7-10-28(33)40)34(37(46)49-3)29(41-30)15-12-23-8-5-6-11-31(23)48-2/h5-11,24-26,35-36H,12-22H2,1-4H3. The topological polar surface area (TPSA) is 101 Å². The van der Waals surface area contributed by atoms with Crippen LogP contribution in [0.4, 0.5) is 0 Å². The summed E-state index contributed by atoms with van der Waals surface area (Å²) in [5.74, 6) is -2.88. The Balaban J connectivity index is 1.32. The molecule has 2 aromatic carbocycles. The number of carbonyl (C=O) groups excluding carboxylic acids is 3. The summed E-state index contributed by atoms with van der Waals surface area (Å²) in [6, 6.07) is 14.5. The van der Waals surface area contributed by atoms with Crippen molar-refractivity contribution >= 4 is 46.8 Å². The van der Waals surface area contributed by atoms with Crippen molar-refractivity contribution in [2.45, 2.75) is 69.0 Å². The van der Waals surface area contributed by atoms with Gasteiger partial charge in [-0.15, -0.1) is 0 Å². The summed E-state index contributed by atoms with van der Waals surface area (Å²) in [4.78, 5) is 53.4. The van der Waals surface area contributed by atoms with E-state index in [-0.39, 0.29) is 27.9 Å². The molecule has 2 aromatic rings. The van der Waals surface area contributed by atoms with Crippen LogP contribution in [0.5, 0.6) is 5.75 Å². The molecule has 0 saturated carbocycles. The molecule has 3 saturated heterocycles. The molecule has 3 fully saturated rings. The van der Waals surface area contributed by atoms with Gasteiger partial charge in [-0.3, -0.25) is 19.5 Å². The van der Waals surface area contributed by atoms with Gasteiger partial charge in [0.05, 0.1) is 39.0 Å². The van der Waals surface area contributed by atoms with Crippen LogP contribution in [-0.2, 0) is 30.3 Å². The van der Waals surface area contributed by atoms with Crippen molar-refractivity contribution < 1.29 is 28.6 Å². The van der Waals surface area contributed by atoms with Crippen LogP contribution in [0, 0.1) is 5.92 Å². The lowest BCUT2D eigenvalue weighted by Crippen LogP contribution is -2.56. The van der Waals surface area contributed by atoms with E-state index in [1.165, 1.54) is 39.9 Å². The maximum atomic E-state index is 14.1. The Morgan fingerprint density at radius 1 is 0.840 bits per heavy atom. The molecule has 4 heterocycles. The molecule has 4 aliphatic heterocycles. The van der Waals surface area contributed by atoms with E-state index in [9.17, 15) is 14.4 Å². The highest BCUT2D eigenvalue weighted by Gasteiger charge is 2.47. The highest BCUT2D eigenvalue weighted by molar-refractivity contribution is 6.36. The van der Waals surface area contributed by atoms with Gasteiger partial charge in [-0.2, -0.15) is 0 Å². The molecule has 268 valence electrons. The van der Waals surface area contributed by atoms with Crippen LogP contribution in [0.3, 0.4) is 0 Å². The van der Waals surface area contributed by atoms with Gasteiger partial charge in [0.1, 0.15) is 11.7 Å². The van der Waals surface area contributed by atoms with Gasteiger partial charge in [0.2, 0.25) is 5.91 Å². The number of hydrogen-bond donors (Lipinski definition) is 0. The molecule has 0 N–H and O–H groups in total. The van der Waals surface area contributed by atoms with E-state index in [1.807, 2.05) is 29.2 Å². The monoisotopic (exact) mass is 724 g/mol. The number of methoxy groups -OCH3 is 3. The zero-order valence-corrected chi connectivity index (χ0v) is 30.7. The first-order valence-corrected chi connectivity index (χ1v) is 18.2. The van der Waals surface area contributed by atoms with Gasteiger partial charge in [0, 0.05) is 66.0 Å². The predicted molar refractivity (Wildman–Crippen MR) is 193 cm³/mol. The lowest BCUT2D eigenvalue weighted by molar-refractivity contribution is -0.143. The van der Waals surface area contributed by atoms with E-state index in [0.29, 0.717) is 66.8 Å². The zero-order valence-electron chi connectivity index (χ0n) is 29.2. The van der Waals surface area contributed by atoms with Crippen molar-refractivity contribution in [1.29, 1.82) is 0 Å². The number of piperazine rings is 1. The smallest absolute Gasteiger partial charge is 0.336 e. The van der Waals surface area contributed by atoms with E-state index in [4.69, 9.17) is 42.4 Å². The third-order valence-corrected chi connectivity index (χ3v) is 11.8. The number of halogens is 2. The SMILES string of the molecule is COC(=O)C1=C(CCc2ccccc2OC)N=C(CC(=O)N2CCN(C3CC4CCC(C3)N4C)CC2)C(C(=O)OC)C1c1c(Cl)cccc1Cl. The van der Waals surface area contributed by atoms with Gasteiger partial charge in [-0.1, -0.05) is 47.5 Å². The maximum Gasteiger partial charge on any atom is 0.336 e. The first-order valence-electron chi connectivity index (χ1n) is 17.4. The summed E-state index contributed by atoms with van der Waals surface area (Å²) in [5, 5.41) is 0.542. The van der Waals surface area contributed by atoms with Crippen molar-refractivity contribution in [2.24, 2.45) is 10.9 Å². The molecule has 4 unspecified atom stereocenters. The Hall–Kier alpha value is -3.44. The largest absolute Gasteiger partial charge is 0.496 e. The normalized spacial score (nSPS) is 25.7. The third kappa shape index (κ3) is 7.31. The molecule has 12 heteroatoms. The minimum absolute atomic E-state index is 0.122. The number of ether oxygens (including phenoxy) is 3. The number of piperidine rings is 1. The van der Waals surface area contributed by atoms with E-state index in [1.54, 1.807) is 25.3 Å². The minimum atomic E-state index is -1.14. The number of esters is 2. The van der Waals surface area contributed by atoms with Crippen molar-refractivity contribution in [3.8, 4) is 5.75 Å². The summed E-state index contributed by atoms with van der Waals surface area (Å²) in [7, 11) is 6.42. The molecule has 0 aromatic heterocycles. The number of fused-ring (bicyclic) bond motifs is 2. The quantitative estimate of drug-likeness (QED) is 0.294. The second-order valence-corrected chi connectivity index (χ2v) is 14.5. The average molecular weight is 726 g/mol. The lowest BCUT2D eigenvalue weighted by atomic mass is 9.73. The van der Waals surface area contributed by atoms with Crippen LogP contribution >= 0.6 is 23.2 Å². The summed E-state index contributed by atoms with van der Waals surface area (Å²) in [5.41, 5.74) is 2.15. The molecular formula is C38H46Cl2N4O6. The van der Waals surface area contributed by atoms with Crippen LogP contribution in [0.1, 0.15) is 55.6 Å². The third-order valence-electron chi connectivity index (χ3n) is 11.2. The number of aliphatic imine (C=N–C) groups is 1. The molecule has 6 rings (SSSR count). The van der Waals surface area contributed by atoms with Crippen molar-refractivity contribution in [2.75, 3.05) is 54.6 Å². The fourth-order valence-corrected chi connectivity index (χ4v) is 9.13. The summed E-state index contributed by atoms with van der Waals surface area (Å²) < 4.78 is 16.2. The van der Waals surface area contributed by atoms with Gasteiger partial charge in [0.25, 0.3) is 0 Å². The van der Waals surface area contributed by atoms with Gasteiger partial charge in [-0.25, -0.2) is 4.79 Å². The highest BCUT2D eigenvalue weighted by atomic mass is 35.5. The molecule has 2 bridgehead atoms. The molecule has 50 heavy (non-hydrogen) atoms. The van der Waals surface area contributed by atoms with Gasteiger partial charge < -0.3 is 24.0 Å². The highest BCUT2D eigenvalue weighted by Crippen LogP contribution is 2.47. The van der Waals surface area contributed by atoms with Crippen LogP contribution in [0.25, 0.3) is 0 Å². The molecular weight excluding hydrogens is 679 g/mol. The average Bonchev–Trinajstić information content (AvgIpc) is 3.31. The van der Waals surface area contributed by atoms with E-state index in [2.05, 4.69) is 16.8 Å². The van der Waals surface area contributed by atoms with Crippen LogP contribution < -0.4 is 4.74 Å². The van der Waals surface area contributed by atoms with E-state index < -0.39 is 23.8 Å². The molecule has 10 nitrogen and oxygen atoms in total. The number of para-hydroxylation sites is 1. The number of amides is 1. The van der Waals surface area contributed by atoms with Crippen LogP contribution in [0.2, 0.25) is 10.0 Å². The number of rotatable bonds is 10. The number of hydrogen-bond acceptors (Lipinski definition) is 9. The number of nitrogens with zero attached hydrogens (tertiary/aromatic N) is 4. The molecule has 4 atom stereocenters. The Morgan fingerprint density at radius 2 is 1.50 bits per heavy atom. The molecule has 0 spiro atoms. The fraction of sp³-hybridized carbons (Fsp3) is 0.526. The number of aryl methyl sites for hydroxylation is 1. The van der Waals surface area contributed by atoms with Crippen molar-refractivity contribution in [3.63, 3.8) is 0 Å². The number of allylic oxidation sites excluding steroid dienone is 1. The van der Waals surface area contributed by atoms with Crippen molar-refractivity contribution in [1.82, 2.24) is 14.7 Å². The first-order chi connectivity index (χ1) is 24.1. The Bertz CT molecular complexity index is 1640. The lowest BCUT2D eigenvalue weighted by Gasteiger charge is -2.45. The fourth-order valence-electron chi connectivity index (χ4n) is 8.50. The molecule has 1 amide bonds. The summed E-state index contributed by atoms with van der Waals surface area (Å²) in [6.07, 6.45) is 5.54. The maximum absolute atomic E-state index is 14.1. The second kappa shape index (κ2) is 15.8. The van der Waals surface area contributed by atoms with E-state index in [0.717, 1.165) is 18.7 Å². The Kier molecular flexibility index (Phi) is 11.5. The van der Waals surface area contributed by atoms with Crippen molar-refractivity contribution in [3.05, 3.63) is 74.9 Å². The second-order valence-electron chi connectivity index (χ2n) is 13.7. The Labute approximate surface area is 304 Å². The van der Waals surface area contributed by atoms with Gasteiger partial charge in [0.15, 0.2) is 0 Å². The summed E-state index contributed by atoms with van der Waals surface area (Å²) in [6.45, 7) is 2.81. The molecule has 4 aliphatic rings. The van der Waals surface area contributed by atoms with Gasteiger partial charge in [-0.05, 0) is 74.9 Å². The number of carbonyl (C=O) groups is 3. The molecule has 0 aliphatic carbocycles. The van der Waals surface area contributed by atoms with E-state index >= 15 is 0 Å². The number of benzene rings is 2. The molecule has 0 radical (unpaired) electrons. The zero-order chi connectivity index (χ0) is 35.5. The van der Waals surface area contributed by atoms with Crippen LogP contribution in [0.15, 0.2) is 58.7 Å². The predicted octanol–water partition coefficient (Wildman–Crippen LogP) is 5.55. The van der Waals surface area contributed by atoms with Crippen LogP contribution in [-0.4, -0.2) is 111 Å². The summed E-state index contributed by atoms with van der Waals surface area (Å²) >= 11 is 13.6. The van der Waals surface area contributed by atoms with Gasteiger partial charge >= 0.3 is 11.9 Å².